The number of halogens is 2. The highest BCUT2D eigenvalue weighted by atomic mass is 35.5. The first-order valence-corrected chi connectivity index (χ1v) is 8.16. The molecule has 0 heterocycles. The van der Waals surface area contributed by atoms with E-state index in [1.807, 2.05) is 36.4 Å². The lowest BCUT2D eigenvalue weighted by molar-refractivity contribution is 0.577. The molecule has 21 heavy (non-hydrogen) atoms. The van der Waals surface area contributed by atoms with E-state index in [1.165, 1.54) is 11.1 Å². The number of hydrogen-bond donors (Lipinski definition) is 1. The Kier molecular flexibility index (Phi) is 6.56. The molecular weight excluding hydrogens is 301 g/mol. The minimum atomic E-state index is 0.324. The molecule has 0 saturated heterocycles. The molecule has 2 aromatic carbocycles. The summed E-state index contributed by atoms with van der Waals surface area (Å²) in [5.41, 5.74) is 2.35. The maximum atomic E-state index is 6.38. The smallest absolute Gasteiger partial charge is 0.0441 e. The van der Waals surface area contributed by atoms with Crippen molar-refractivity contribution in [3.8, 4) is 0 Å². The summed E-state index contributed by atoms with van der Waals surface area (Å²) in [5, 5.41) is 5.15. The average Bonchev–Trinajstić information content (AvgIpc) is 2.49. The summed E-state index contributed by atoms with van der Waals surface area (Å²) >= 11 is 12.7. The predicted molar refractivity (Wildman–Crippen MR) is 92.5 cm³/mol. The number of rotatable bonds is 7. The molecule has 2 aromatic rings. The van der Waals surface area contributed by atoms with Crippen LogP contribution in [0.3, 0.4) is 0 Å². The van der Waals surface area contributed by atoms with E-state index in [2.05, 4.69) is 24.4 Å². The van der Waals surface area contributed by atoms with Gasteiger partial charge in [-0.2, -0.15) is 0 Å². The van der Waals surface area contributed by atoms with Crippen LogP contribution in [0.4, 0.5) is 0 Å². The van der Waals surface area contributed by atoms with Gasteiger partial charge in [0.2, 0.25) is 0 Å². The van der Waals surface area contributed by atoms with Crippen LogP contribution < -0.4 is 5.32 Å². The first-order valence-electron chi connectivity index (χ1n) is 7.41. The molecule has 0 fully saturated rings. The van der Waals surface area contributed by atoms with Gasteiger partial charge in [-0.15, -0.1) is 0 Å². The molecule has 0 amide bonds. The number of nitrogens with one attached hydrogen (secondary N) is 1. The third kappa shape index (κ3) is 4.74. The topological polar surface area (TPSA) is 12.0 Å². The van der Waals surface area contributed by atoms with Crippen molar-refractivity contribution in [3.05, 3.63) is 69.7 Å². The Morgan fingerprint density at radius 3 is 2.29 bits per heavy atom. The van der Waals surface area contributed by atoms with E-state index in [9.17, 15) is 0 Å². The van der Waals surface area contributed by atoms with Crippen LogP contribution in [0.2, 0.25) is 10.0 Å². The summed E-state index contributed by atoms with van der Waals surface area (Å²) in [7, 11) is 0. The molecule has 0 aliphatic heterocycles. The van der Waals surface area contributed by atoms with Crippen LogP contribution in [0.5, 0.6) is 0 Å². The highest BCUT2D eigenvalue weighted by Crippen LogP contribution is 2.29. The molecule has 0 bridgehead atoms. The Morgan fingerprint density at radius 2 is 1.62 bits per heavy atom. The molecule has 1 unspecified atom stereocenters. The van der Waals surface area contributed by atoms with E-state index in [-0.39, 0.29) is 0 Å². The van der Waals surface area contributed by atoms with Gasteiger partial charge >= 0.3 is 0 Å². The molecule has 1 nitrogen and oxygen atoms in total. The summed E-state index contributed by atoms with van der Waals surface area (Å²) in [6, 6.07) is 16.1. The Bertz CT molecular complexity index is 569. The first kappa shape index (κ1) is 16.4. The van der Waals surface area contributed by atoms with Crippen molar-refractivity contribution >= 4 is 23.2 Å². The maximum Gasteiger partial charge on any atom is 0.0441 e. The maximum absolute atomic E-state index is 6.38. The fourth-order valence-electron chi connectivity index (χ4n) is 2.48. The Labute approximate surface area is 137 Å². The molecule has 2 rings (SSSR count). The van der Waals surface area contributed by atoms with E-state index in [4.69, 9.17) is 23.2 Å². The fraction of sp³-hybridized carbons (Fsp3) is 0.333. The van der Waals surface area contributed by atoms with Crippen LogP contribution in [-0.2, 0) is 6.42 Å². The predicted octanol–water partition coefficient (Wildman–Crippen LogP) is 5.32. The molecule has 0 spiro atoms. The lowest BCUT2D eigenvalue weighted by Gasteiger charge is -2.20. The van der Waals surface area contributed by atoms with Gasteiger partial charge in [-0.1, -0.05) is 66.5 Å². The Hall–Kier alpha value is -1.02. The minimum Gasteiger partial charge on any atom is -0.316 e. The van der Waals surface area contributed by atoms with Crippen molar-refractivity contribution in [1.82, 2.24) is 5.32 Å². The van der Waals surface area contributed by atoms with Gasteiger partial charge in [-0.05, 0) is 42.6 Å². The van der Waals surface area contributed by atoms with E-state index < -0.39 is 0 Å². The molecule has 112 valence electrons. The second-order valence-corrected chi connectivity index (χ2v) is 6.03. The van der Waals surface area contributed by atoms with Gasteiger partial charge in [-0.25, -0.2) is 0 Å². The zero-order chi connectivity index (χ0) is 15.1. The molecule has 1 N–H and O–H groups in total. The lowest BCUT2D eigenvalue weighted by atomic mass is 9.91. The third-order valence-corrected chi connectivity index (χ3v) is 4.30. The zero-order valence-electron chi connectivity index (χ0n) is 12.3. The second-order valence-electron chi connectivity index (χ2n) is 5.22. The quantitative estimate of drug-likeness (QED) is 0.680. The van der Waals surface area contributed by atoms with Crippen LogP contribution >= 0.6 is 23.2 Å². The summed E-state index contributed by atoms with van der Waals surface area (Å²) in [6.45, 7) is 4.10. The van der Waals surface area contributed by atoms with E-state index in [0.717, 1.165) is 36.0 Å². The molecule has 3 heteroatoms. The zero-order valence-corrected chi connectivity index (χ0v) is 13.8. The van der Waals surface area contributed by atoms with Crippen LogP contribution in [0.1, 0.15) is 30.4 Å². The largest absolute Gasteiger partial charge is 0.316 e. The van der Waals surface area contributed by atoms with Crippen molar-refractivity contribution in [2.45, 2.75) is 25.7 Å². The number of benzene rings is 2. The van der Waals surface area contributed by atoms with Gasteiger partial charge in [0.05, 0.1) is 0 Å². The standard InChI is InChI=1S/C18H21Cl2N/c1-2-11-21-13-15(16-8-4-6-10-18(16)20)12-14-7-3-5-9-17(14)19/h3-10,15,21H,2,11-13H2,1H3. The van der Waals surface area contributed by atoms with Gasteiger partial charge in [0.15, 0.2) is 0 Å². The number of hydrogen-bond acceptors (Lipinski definition) is 1. The van der Waals surface area contributed by atoms with E-state index >= 15 is 0 Å². The van der Waals surface area contributed by atoms with Gasteiger partial charge in [0.1, 0.15) is 0 Å². The molecule has 0 aromatic heterocycles. The Morgan fingerprint density at radius 1 is 0.952 bits per heavy atom. The summed E-state index contributed by atoms with van der Waals surface area (Å²) in [4.78, 5) is 0. The lowest BCUT2D eigenvalue weighted by Crippen LogP contribution is -2.24. The van der Waals surface area contributed by atoms with Crippen molar-refractivity contribution in [1.29, 1.82) is 0 Å². The van der Waals surface area contributed by atoms with Crippen molar-refractivity contribution < 1.29 is 0 Å². The van der Waals surface area contributed by atoms with Crippen molar-refractivity contribution in [2.24, 2.45) is 0 Å². The molecule has 1 atom stereocenters. The molecular formula is C18H21Cl2N. The fourth-order valence-corrected chi connectivity index (χ4v) is 2.98. The van der Waals surface area contributed by atoms with Crippen LogP contribution in [0, 0.1) is 0 Å². The molecule has 0 radical (unpaired) electrons. The van der Waals surface area contributed by atoms with Gasteiger partial charge in [0.25, 0.3) is 0 Å². The van der Waals surface area contributed by atoms with Gasteiger partial charge < -0.3 is 5.32 Å². The van der Waals surface area contributed by atoms with Gasteiger partial charge in [0, 0.05) is 22.5 Å². The van der Waals surface area contributed by atoms with Crippen molar-refractivity contribution in [3.63, 3.8) is 0 Å². The third-order valence-electron chi connectivity index (χ3n) is 3.59. The van der Waals surface area contributed by atoms with E-state index in [1.54, 1.807) is 0 Å². The summed E-state index contributed by atoms with van der Waals surface area (Å²) in [5.74, 6) is 0.324. The minimum absolute atomic E-state index is 0.324. The monoisotopic (exact) mass is 321 g/mol. The Balaban J connectivity index is 2.20. The van der Waals surface area contributed by atoms with Crippen molar-refractivity contribution in [2.75, 3.05) is 13.1 Å². The molecule has 0 saturated carbocycles. The molecule has 0 aliphatic rings. The van der Waals surface area contributed by atoms with Crippen LogP contribution in [0.25, 0.3) is 0 Å². The van der Waals surface area contributed by atoms with E-state index in [0.29, 0.717) is 5.92 Å². The van der Waals surface area contributed by atoms with Crippen LogP contribution in [-0.4, -0.2) is 13.1 Å². The highest BCUT2D eigenvalue weighted by molar-refractivity contribution is 6.31. The van der Waals surface area contributed by atoms with Gasteiger partial charge in [-0.3, -0.25) is 0 Å². The summed E-state index contributed by atoms with van der Waals surface area (Å²) < 4.78 is 0. The second kappa shape index (κ2) is 8.43. The summed E-state index contributed by atoms with van der Waals surface area (Å²) in [6.07, 6.45) is 2.02. The molecule has 0 aliphatic carbocycles. The normalized spacial score (nSPS) is 12.3. The van der Waals surface area contributed by atoms with Crippen LogP contribution in [0.15, 0.2) is 48.5 Å². The average molecular weight is 322 g/mol. The highest BCUT2D eigenvalue weighted by Gasteiger charge is 2.16. The first-order chi connectivity index (χ1) is 10.2. The SMILES string of the molecule is CCCNCC(Cc1ccccc1Cl)c1ccccc1Cl.